The van der Waals surface area contributed by atoms with Crippen LogP contribution in [0.25, 0.3) is 10.9 Å². The van der Waals surface area contributed by atoms with Gasteiger partial charge in [0.25, 0.3) is 11.8 Å². The van der Waals surface area contributed by atoms with Crippen LogP contribution in [0.15, 0.2) is 0 Å². The summed E-state index contributed by atoms with van der Waals surface area (Å²) >= 11 is 0. The molecule has 3 heterocycles. The molecule has 36 heavy (non-hydrogen) atoms. The maximum Gasteiger partial charge on any atom is 0.273 e. The summed E-state index contributed by atoms with van der Waals surface area (Å²) in [5.74, 6) is -15.8. The molecule has 2 unspecified atom stereocenters. The van der Waals surface area contributed by atoms with Crippen LogP contribution in [-0.4, -0.2) is 118 Å². The van der Waals surface area contributed by atoms with Crippen LogP contribution in [0, 0.1) is 0 Å². The normalized spacial score (nSPS) is 25.9. The van der Waals surface area contributed by atoms with Crippen molar-refractivity contribution in [1.82, 2.24) is 20.0 Å². The second-order valence-corrected chi connectivity index (χ2v) is 9.08. The standard InChI is InChI=1S/C19H26N4O13/c1-17(31,32)23-9-7(10(24)12(26)13(27)11(9)25)8(21-23)14(28)20-15-18(33,34)5-3-2-4-6(19(15,35)36)22(5)16(29)30/h5-6,15-16,24-27,29-36H,2-4H2,1H3,(H,20,28). The van der Waals surface area contributed by atoms with Gasteiger partial charge in [0.1, 0.15) is 11.6 Å². The van der Waals surface area contributed by atoms with E-state index in [1.54, 1.807) is 0 Å². The van der Waals surface area contributed by atoms with E-state index in [0.717, 1.165) is 6.92 Å². The Labute approximate surface area is 200 Å². The van der Waals surface area contributed by atoms with Crippen LogP contribution in [0.5, 0.6) is 23.0 Å². The number of piperidine rings is 2. The van der Waals surface area contributed by atoms with Gasteiger partial charge in [-0.25, -0.2) is 9.58 Å². The maximum atomic E-state index is 13.2. The molecular weight excluding hydrogens is 492 g/mol. The van der Waals surface area contributed by atoms with E-state index in [2.05, 4.69) is 5.10 Å². The quantitative estimate of drug-likeness (QED) is 0.103. The number of aromatic nitrogens is 2. The van der Waals surface area contributed by atoms with E-state index in [-0.39, 0.29) is 23.9 Å². The molecule has 2 aromatic rings. The van der Waals surface area contributed by atoms with Crippen molar-refractivity contribution < 1.29 is 66.1 Å². The van der Waals surface area contributed by atoms with E-state index in [4.69, 9.17) is 0 Å². The second kappa shape index (κ2) is 8.00. The Balaban J connectivity index is 1.85. The number of phenolic OH excluding ortho intramolecular Hbond substituents is 4. The SMILES string of the molecule is CC(O)(O)n1nc(C(=O)NC2C(O)(O)C3CCCC(N3C(O)O)C2(O)O)c2c(O)c(O)c(O)c(O)c21. The van der Waals surface area contributed by atoms with E-state index in [1.165, 1.54) is 0 Å². The lowest BCUT2D eigenvalue weighted by Crippen LogP contribution is -2.83. The molecule has 0 saturated carbocycles. The molecule has 1 amide bonds. The molecule has 13 N–H and O–H groups in total. The van der Waals surface area contributed by atoms with Crippen molar-refractivity contribution in [2.45, 2.75) is 68.2 Å². The molecule has 0 radical (unpaired) electrons. The summed E-state index contributed by atoms with van der Waals surface area (Å²) in [6.07, 6.45) is -2.16. The monoisotopic (exact) mass is 518 g/mol. The number of carbonyl (C=O) groups is 1. The lowest BCUT2D eigenvalue weighted by Gasteiger charge is -2.59. The average Bonchev–Trinajstić information content (AvgIpc) is 3.19. The molecule has 1 aromatic heterocycles. The summed E-state index contributed by atoms with van der Waals surface area (Å²) in [6, 6.07) is -5.29. The number of benzene rings is 1. The smallest absolute Gasteiger partial charge is 0.273 e. The van der Waals surface area contributed by atoms with Gasteiger partial charge in [0.15, 0.2) is 17.2 Å². The zero-order valence-electron chi connectivity index (χ0n) is 18.5. The molecule has 17 nitrogen and oxygen atoms in total. The lowest BCUT2D eigenvalue weighted by atomic mass is 9.73. The number of carbonyl (C=O) groups excluding carboxylic acids is 1. The first-order valence-electron chi connectivity index (χ1n) is 10.6. The second-order valence-electron chi connectivity index (χ2n) is 9.08. The van der Waals surface area contributed by atoms with Crippen LogP contribution in [0.1, 0.15) is 36.7 Å². The molecule has 17 heteroatoms. The predicted molar refractivity (Wildman–Crippen MR) is 112 cm³/mol. The molecule has 2 fully saturated rings. The summed E-state index contributed by atoms with van der Waals surface area (Å²) in [6.45, 7) is 0.734. The topological polar surface area (TPSA) is 293 Å². The van der Waals surface area contributed by atoms with Gasteiger partial charge in [0.2, 0.25) is 29.5 Å². The molecule has 200 valence electrons. The number of aromatic hydroxyl groups is 4. The number of phenols is 4. The fourth-order valence-electron chi connectivity index (χ4n) is 5.10. The van der Waals surface area contributed by atoms with Gasteiger partial charge in [-0.05, 0) is 19.3 Å². The Kier molecular flexibility index (Phi) is 5.79. The molecule has 1 aromatic carbocycles. The van der Waals surface area contributed by atoms with Crippen LogP contribution in [0.3, 0.4) is 0 Å². The molecule has 0 aliphatic carbocycles. The average molecular weight is 518 g/mol. The summed E-state index contributed by atoms with van der Waals surface area (Å²) in [7, 11) is 0. The number of hydrogen-bond acceptors (Lipinski definition) is 15. The molecule has 0 spiro atoms. The molecule has 2 bridgehead atoms. The van der Waals surface area contributed by atoms with E-state index in [0.29, 0.717) is 4.90 Å². The maximum absolute atomic E-state index is 13.2. The first-order chi connectivity index (χ1) is 16.4. The zero-order chi connectivity index (χ0) is 27.1. The van der Waals surface area contributed by atoms with Crippen molar-refractivity contribution in [3.63, 3.8) is 0 Å². The Hall–Kier alpha value is -3.00. The van der Waals surface area contributed by atoms with Gasteiger partial charge >= 0.3 is 0 Å². The molecule has 2 aliphatic rings. The highest BCUT2D eigenvalue weighted by molar-refractivity contribution is 6.10. The first-order valence-corrected chi connectivity index (χ1v) is 10.6. The third-order valence-corrected chi connectivity index (χ3v) is 6.68. The highest BCUT2D eigenvalue weighted by Gasteiger charge is 2.66. The summed E-state index contributed by atoms with van der Waals surface area (Å²) < 4.78 is 0.196. The van der Waals surface area contributed by atoms with Crippen LogP contribution in [-0.2, 0) is 5.91 Å². The van der Waals surface area contributed by atoms with Crippen molar-refractivity contribution in [3.8, 4) is 23.0 Å². The summed E-state index contributed by atoms with van der Waals surface area (Å²) in [5.41, 5.74) is -1.79. The minimum atomic E-state index is -3.18. The Morgan fingerprint density at radius 1 is 0.972 bits per heavy atom. The third kappa shape index (κ3) is 3.52. The van der Waals surface area contributed by atoms with Gasteiger partial charge in [-0.1, -0.05) is 0 Å². The molecule has 2 saturated heterocycles. The van der Waals surface area contributed by atoms with Gasteiger partial charge in [0, 0.05) is 6.92 Å². The van der Waals surface area contributed by atoms with Crippen LogP contribution >= 0.6 is 0 Å². The van der Waals surface area contributed by atoms with Crippen molar-refractivity contribution in [2.24, 2.45) is 0 Å². The van der Waals surface area contributed by atoms with Gasteiger partial charge in [-0.15, -0.1) is 0 Å². The lowest BCUT2D eigenvalue weighted by molar-refractivity contribution is -0.388. The number of hydrogen-bond donors (Lipinski definition) is 13. The summed E-state index contributed by atoms with van der Waals surface area (Å²) in [4.78, 5) is 13.9. The van der Waals surface area contributed by atoms with Crippen molar-refractivity contribution >= 4 is 16.8 Å². The molecule has 2 atom stereocenters. The van der Waals surface area contributed by atoms with Crippen molar-refractivity contribution in [2.75, 3.05) is 0 Å². The highest BCUT2D eigenvalue weighted by atomic mass is 16.6. The number of aliphatic hydroxyl groups excluding tert-OH is 1. The Morgan fingerprint density at radius 2 is 1.47 bits per heavy atom. The minimum absolute atomic E-state index is 0.0453. The molecule has 2 aliphatic heterocycles. The van der Waals surface area contributed by atoms with E-state index >= 15 is 0 Å². The number of fused-ring (bicyclic) bond motifs is 3. The number of amides is 1. The minimum Gasteiger partial charge on any atom is -0.504 e. The fourth-order valence-corrected chi connectivity index (χ4v) is 5.10. The van der Waals surface area contributed by atoms with Crippen LogP contribution < -0.4 is 5.32 Å². The Bertz CT molecular complexity index is 1190. The van der Waals surface area contributed by atoms with Gasteiger partial charge in [-0.2, -0.15) is 5.10 Å². The zero-order valence-corrected chi connectivity index (χ0v) is 18.5. The first kappa shape index (κ1) is 26.1. The number of nitrogens with zero attached hydrogens (tertiary/aromatic N) is 3. The van der Waals surface area contributed by atoms with Gasteiger partial charge in [-0.3, -0.25) is 4.79 Å². The van der Waals surface area contributed by atoms with Crippen molar-refractivity contribution in [1.29, 1.82) is 0 Å². The van der Waals surface area contributed by atoms with Crippen LogP contribution in [0.4, 0.5) is 0 Å². The van der Waals surface area contributed by atoms with Gasteiger partial charge < -0.3 is 66.6 Å². The largest absolute Gasteiger partial charge is 0.504 e. The van der Waals surface area contributed by atoms with Crippen molar-refractivity contribution in [3.05, 3.63) is 5.69 Å². The van der Waals surface area contributed by atoms with E-state index < -0.39 is 87.5 Å². The number of aliphatic hydroxyl groups is 8. The highest BCUT2D eigenvalue weighted by Crippen LogP contribution is 2.50. The summed E-state index contributed by atoms with van der Waals surface area (Å²) in [5, 5.41) is 128. The fraction of sp³-hybridized carbons (Fsp3) is 0.579. The van der Waals surface area contributed by atoms with E-state index in [9.17, 15) is 66.1 Å². The number of rotatable bonds is 4. The molecular formula is C19H26N4O13. The van der Waals surface area contributed by atoms with Gasteiger partial charge in [0.05, 0.1) is 17.5 Å². The Morgan fingerprint density at radius 3 is 1.94 bits per heavy atom. The third-order valence-electron chi connectivity index (χ3n) is 6.68. The van der Waals surface area contributed by atoms with E-state index in [1.807, 2.05) is 5.32 Å². The molecule has 4 rings (SSSR count). The van der Waals surface area contributed by atoms with Crippen LogP contribution in [0.2, 0.25) is 0 Å². The predicted octanol–water partition coefficient (Wildman–Crippen LogP) is -4.56. The number of nitrogens with one attached hydrogen (secondary N) is 1.